The second kappa shape index (κ2) is 5.19. The molecule has 0 bridgehead atoms. The van der Waals surface area contributed by atoms with Gasteiger partial charge in [0.05, 0.1) is 19.8 Å². The van der Waals surface area contributed by atoms with Crippen molar-refractivity contribution in [2.75, 3.05) is 37.0 Å². The standard InChI is InChI=1S/C14H18N2O3/c15-11-3-4-12-10(8-11)2-1-5-16(12)14(17)13-9-18-6-7-19-13/h3-4,8,13H,1-2,5-7,9,15H2. The van der Waals surface area contributed by atoms with Crippen molar-refractivity contribution in [1.29, 1.82) is 0 Å². The van der Waals surface area contributed by atoms with Crippen molar-refractivity contribution >= 4 is 17.3 Å². The highest BCUT2D eigenvalue weighted by atomic mass is 16.6. The van der Waals surface area contributed by atoms with Crippen LogP contribution in [-0.4, -0.2) is 38.4 Å². The first kappa shape index (κ1) is 12.4. The van der Waals surface area contributed by atoms with E-state index in [1.165, 1.54) is 0 Å². The molecule has 1 saturated heterocycles. The Morgan fingerprint density at radius 1 is 1.37 bits per heavy atom. The molecule has 5 nitrogen and oxygen atoms in total. The monoisotopic (exact) mass is 262 g/mol. The van der Waals surface area contributed by atoms with Gasteiger partial charge in [0.1, 0.15) is 0 Å². The van der Waals surface area contributed by atoms with Crippen LogP contribution in [0.5, 0.6) is 0 Å². The number of nitrogens with zero attached hydrogens (tertiary/aromatic N) is 1. The zero-order chi connectivity index (χ0) is 13.2. The molecule has 0 spiro atoms. The zero-order valence-electron chi connectivity index (χ0n) is 10.8. The lowest BCUT2D eigenvalue weighted by atomic mass is 10.0. The van der Waals surface area contributed by atoms with Crippen LogP contribution in [0.15, 0.2) is 18.2 Å². The van der Waals surface area contributed by atoms with Gasteiger partial charge < -0.3 is 20.1 Å². The first-order chi connectivity index (χ1) is 9.25. The number of benzene rings is 1. The molecule has 2 aliphatic heterocycles. The number of fused-ring (bicyclic) bond motifs is 1. The van der Waals surface area contributed by atoms with Gasteiger partial charge in [-0.3, -0.25) is 4.79 Å². The van der Waals surface area contributed by atoms with E-state index in [-0.39, 0.29) is 5.91 Å². The van der Waals surface area contributed by atoms with Gasteiger partial charge in [-0.05, 0) is 36.6 Å². The van der Waals surface area contributed by atoms with E-state index in [1.807, 2.05) is 18.2 Å². The van der Waals surface area contributed by atoms with E-state index in [1.54, 1.807) is 4.90 Å². The first-order valence-corrected chi connectivity index (χ1v) is 6.65. The summed E-state index contributed by atoms with van der Waals surface area (Å²) in [4.78, 5) is 14.3. The van der Waals surface area contributed by atoms with Crippen LogP contribution in [0.1, 0.15) is 12.0 Å². The lowest BCUT2D eigenvalue weighted by Crippen LogP contribution is -2.47. The molecule has 19 heavy (non-hydrogen) atoms. The molecule has 1 aromatic carbocycles. The summed E-state index contributed by atoms with van der Waals surface area (Å²) < 4.78 is 10.8. The Kier molecular flexibility index (Phi) is 3.40. The van der Waals surface area contributed by atoms with E-state index < -0.39 is 6.10 Å². The zero-order valence-corrected chi connectivity index (χ0v) is 10.8. The van der Waals surface area contributed by atoms with Gasteiger partial charge in [0, 0.05) is 17.9 Å². The summed E-state index contributed by atoms with van der Waals surface area (Å²) in [5.41, 5.74) is 8.63. The quantitative estimate of drug-likeness (QED) is 0.766. The van der Waals surface area contributed by atoms with Crippen molar-refractivity contribution in [3.05, 3.63) is 23.8 Å². The molecular formula is C14H18N2O3. The van der Waals surface area contributed by atoms with Gasteiger partial charge in [-0.25, -0.2) is 0 Å². The molecule has 2 aliphatic rings. The third-order valence-corrected chi connectivity index (χ3v) is 3.58. The van der Waals surface area contributed by atoms with Crippen molar-refractivity contribution in [2.24, 2.45) is 0 Å². The Balaban J connectivity index is 1.84. The smallest absolute Gasteiger partial charge is 0.258 e. The number of nitrogens with two attached hydrogens (primary N) is 1. The van der Waals surface area contributed by atoms with E-state index in [0.29, 0.717) is 19.8 Å². The van der Waals surface area contributed by atoms with Crippen molar-refractivity contribution in [1.82, 2.24) is 0 Å². The first-order valence-electron chi connectivity index (χ1n) is 6.65. The highest BCUT2D eigenvalue weighted by Gasteiger charge is 2.30. The fourth-order valence-electron chi connectivity index (χ4n) is 2.65. The lowest BCUT2D eigenvalue weighted by Gasteiger charge is -2.33. The van der Waals surface area contributed by atoms with Crippen LogP contribution in [0.2, 0.25) is 0 Å². The molecule has 1 fully saturated rings. The fraction of sp³-hybridized carbons (Fsp3) is 0.500. The minimum Gasteiger partial charge on any atom is -0.399 e. The van der Waals surface area contributed by atoms with E-state index in [0.717, 1.165) is 36.3 Å². The van der Waals surface area contributed by atoms with E-state index in [4.69, 9.17) is 15.2 Å². The van der Waals surface area contributed by atoms with Gasteiger partial charge in [-0.1, -0.05) is 0 Å². The van der Waals surface area contributed by atoms with Crippen molar-refractivity contribution in [3.8, 4) is 0 Å². The normalized spacial score (nSPS) is 22.9. The SMILES string of the molecule is Nc1ccc2c(c1)CCCN2C(=O)C1COCCO1. The molecule has 1 amide bonds. The van der Waals surface area contributed by atoms with Crippen LogP contribution in [0.4, 0.5) is 11.4 Å². The van der Waals surface area contributed by atoms with Crippen LogP contribution in [-0.2, 0) is 20.7 Å². The maximum atomic E-state index is 12.5. The number of amides is 1. The summed E-state index contributed by atoms with van der Waals surface area (Å²) in [6.45, 7) is 2.13. The van der Waals surface area contributed by atoms with Gasteiger partial charge in [-0.2, -0.15) is 0 Å². The molecule has 1 aromatic rings. The Morgan fingerprint density at radius 2 is 2.26 bits per heavy atom. The van der Waals surface area contributed by atoms with Gasteiger partial charge >= 0.3 is 0 Å². The van der Waals surface area contributed by atoms with Crippen LogP contribution >= 0.6 is 0 Å². The van der Waals surface area contributed by atoms with Gasteiger partial charge in [-0.15, -0.1) is 0 Å². The number of carbonyl (C=O) groups excluding carboxylic acids is 1. The number of rotatable bonds is 1. The number of anilines is 2. The molecule has 3 rings (SSSR count). The summed E-state index contributed by atoms with van der Waals surface area (Å²) in [5.74, 6) is -0.00887. The Bertz CT molecular complexity index is 484. The maximum absolute atomic E-state index is 12.5. The van der Waals surface area contributed by atoms with Crippen LogP contribution in [0.3, 0.4) is 0 Å². The Labute approximate surface area is 112 Å². The van der Waals surface area contributed by atoms with Gasteiger partial charge in [0.2, 0.25) is 0 Å². The molecule has 0 aromatic heterocycles. The molecule has 1 unspecified atom stereocenters. The maximum Gasteiger partial charge on any atom is 0.258 e. The molecule has 5 heteroatoms. The summed E-state index contributed by atoms with van der Waals surface area (Å²) in [5, 5.41) is 0. The van der Waals surface area contributed by atoms with Crippen LogP contribution in [0.25, 0.3) is 0 Å². The highest BCUT2D eigenvalue weighted by Crippen LogP contribution is 2.29. The third-order valence-electron chi connectivity index (χ3n) is 3.58. The van der Waals surface area contributed by atoms with E-state index >= 15 is 0 Å². The minimum atomic E-state index is -0.475. The van der Waals surface area contributed by atoms with Crippen molar-refractivity contribution < 1.29 is 14.3 Å². The summed E-state index contributed by atoms with van der Waals surface area (Å²) in [7, 11) is 0. The number of hydrogen-bond acceptors (Lipinski definition) is 4. The minimum absolute atomic E-state index is 0.00887. The average Bonchev–Trinajstić information content (AvgIpc) is 2.46. The predicted octanol–water partition coefficient (Wildman–Crippen LogP) is 0.963. The Hall–Kier alpha value is -1.59. The molecule has 0 radical (unpaired) electrons. The summed E-state index contributed by atoms with van der Waals surface area (Å²) >= 11 is 0. The molecule has 0 aliphatic carbocycles. The molecular weight excluding hydrogens is 244 g/mol. The average molecular weight is 262 g/mol. The summed E-state index contributed by atoms with van der Waals surface area (Å²) in [6, 6.07) is 5.71. The molecule has 1 atom stereocenters. The molecule has 102 valence electrons. The second-order valence-electron chi connectivity index (χ2n) is 4.92. The van der Waals surface area contributed by atoms with Gasteiger partial charge in [0.25, 0.3) is 5.91 Å². The lowest BCUT2D eigenvalue weighted by molar-refractivity contribution is -0.144. The van der Waals surface area contributed by atoms with Crippen LogP contribution < -0.4 is 10.6 Å². The predicted molar refractivity (Wildman–Crippen MR) is 72.1 cm³/mol. The highest BCUT2D eigenvalue weighted by molar-refractivity contribution is 5.98. The topological polar surface area (TPSA) is 64.8 Å². The number of nitrogen functional groups attached to an aromatic ring is 1. The number of hydrogen-bond donors (Lipinski definition) is 1. The van der Waals surface area contributed by atoms with Crippen LogP contribution in [0, 0.1) is 0 Å². The van der Waals surface area contributed by atoms with E-state index in [9.17, 15) is 4.79 Å². The molecule has 2 N–H and O–H groups in total. The van der Waals surface area contributed by atoms with Gasteiger partial charge in [0.15, 0.2) is 6.10 Å². The Morgan fingerprint density at radius 3 is 3.05 bits per heavy atom. The van der Waals surface area contributed by atoms with Crippen molar-refractivity contribution in [3.63, 3.8) is 0 Å². The number of aryl methyl sites for hydroxylation is 1. The number of carbonyl (C=O) groups is 1. The third kappa shape index (κ3) is 2.43. The van der Waals surface area contributed by atoms with E-state index in [2.05, 4.69) is 0 Å². The number of ether oxygens (including phenoxy) is 2. The molecule has 0 saturated carbocycles. The fourth-order valence-corrected chi connectivity index (χ4v) is 2.65. The van der Waals surface area contributed by atoms with Crippen molar-refractivity contribution in [2.45, 2.75) is 18.9 Å². The second-order valence-corrected chi connectivity index (χ2v) is 4.92. The largest absolute Gasteiger partial charge is 0.399 e. The summed E-state index contributed by atoms with van der Waals surface area (Å²) in [6.07, 6.45) is 1.44. The molecule has 2 heterocycles.